The third-order valence-electron chi connectivity index (χ3n) is 3.47. The van der Waals surface area contributed by atoms with Crippen LogP contribution < -0.4 is 15.8 Å². The highest BCUT2D eigenvalue weighted by molar-refractivity contribution is 6.36. The summed E-state index contributed by atoms with van der Waals surface area (Å²) in [6.45, 7) is 0.393. The lowest BCUT2D eigenvalue weighted by atomic mass is 10.2. The molecule has 0 spiro atoms. The number of hydrogen-bond donors (Lipinski definition) is 2. The zero-order chi connectivity index (χ0) is 18.7. The van der Waals surface area contributed by atoms with Crippen LogP contribution in [0.25, 0.3) is 10.9 Å². The van der Waals surface area contributed by atoms with Gasteiger partial charge in [0.2, 0.25) is 0 Å². The van der Waals surface area contributed by atoms with Gasteiger partial charge in [0.15, 0.2) is 5.75 Å². The molecule has 26 heavy (non-hydrogen) atoms. The fourth-order valence-corrected chi connectivity index (χ4v) is 2.77. The molecule has 0 aliphatic heterocycles. The normalized spacial score (nSPS) is 10.7. The van der Waals surface area contributed by atoms with Crippen LogP contribution in [0.2, 0.25) is 10.0 Å². The van der Waals surface area contributed by atoms with Crippen molar-refractivity contribution in [3.8, 4) is 5.75 Å². The molecule has 10 heteroatoms. The van der Waals surface area contributed by atoms with E-state index < -0.39 is 4.92 Å². The molecule has 3 aromatic rings. The van der Waals surface area contributed by atoms with E-state index in [9.17, 15) is 10.1 Å². The number of anilines is 2. The second-order valence-corrected chi connectivity index (χ2v) is 6.05. The zero-order valence-corrected chi connectivity index (χ0v) is 14.8. The van der Waals surface area contributed by atoms with Crippen LogP contribution in [0, 0.1) is 10.1 Å². The Hall–Kier alpha value is -2.68. The van der Waals surface area contributed by atoms with E-state index in [1.54, 1.807) is 18.2 Å². The molecule has 3 N–H and O–H groups in total. The van der Waals surface area contributed by atoms with E-state index in [-0.39, 0.29) is 24.6 Å². The van der Waals surface area contributed by atoms with Crippen molar-refractivity contribution in [2.24, 2.45) is 5.73 Å². The number of aromatic nitrogens is 2. The molecule has 0 saturated heterocycles. The van der Waals surface area contributed by atoms with Crippen LogP contribution in [-0.2, 0) is 0 Å². The quantitative estimate of drug-likeness (QED) is 0.481. The second-order valence-electron chi connectivity index (χ2n) is 5.20. The summed E-state index contributed by atoms with van der Waals surface area (Å²) in [5.41, 5.74) is 6.23. The van der Waals surface area contributed by atoms with Crippen LogP contribution in [0.1, 0.15) is 0 Å². The minimum Gasteiger partial charge on any atom is -0.485 e. The Labute approximate surface area is 158 Å². The number of hydrogen-bond acceptors (Lipinski definition) is 7. The van der Waals surface area contributed by atoms with Crippen LogP contribution in [0.15, 0.2) is 36.7 Å². The summed E-state index contributed by atoms with van der Waals surface area (Å²) < 4.78 is 5.36. The Morgan fingerprint density at radius 2 is 2.04 bits per heavy atom. The summed E-state index contributed by atoms with van der Waals surface area (Å²) in [6.07, 6.45) is 1.34. The van der Waals surface area contributed by atoms with Crippen molar-refractivity contribution in [1.29, 1.82) is 0 Å². The van der Waals surface area contributed by atoms with Gasteiger partial charge in [-0.15, -0.1) is 0 Å². The highest BCUT2D eigenvalue weighted by Gasteiger charge is 2.19. The number of rotatable bonds is 6. The molecule has 8 nitrogen and oxygen atoms in total. The van der Waals surface area contributed by atoms with Gasteiger partial charge in [0.25, 0.3) is 0 Å². The topological polar surface area (TPSA) is 116 Å². The molecule has 0 radical (unpaired) electrons. The largest absolute Gasteiger partial charge is 0.485 e. The summed E-state index contributed by atoms with van der Waals surface area (Å²) in [6, 6.07) is 7.77. The predicted molar refractivity (Wildman–Crippen MR) is 100 cm³/mol. The standard InChI is InChI=1S/C16H13Cl2N5O3/c17-9-1-2-12(11(18)5-9)22-16-10-6-14(23(24)25)15(26-4-3-19)7-13(10)20-8-21-16/h1-2,5-8H,3-4,19H2,(H,20,21,22). The molecule has 1 aromatic heterocycles. The lowest BCUT2D eigenvalue weighted by molar-refractivity contribution is -0.385. The van der Waals surface area contributed by atoms with Gasteiger partial charge < -0.3 is 15.8 Å². The molecule has 2 aromatic carbocycles. The van der Waals surface area contributed by atoms with Gasteiger partial charge in [-0.3, -0.25) is 10.1 Å². The SMILES string of the molecule is NCCOc1cc2ncnc(Nc3ccc(Cl)cc3Cl)c2cc1[N+](=O)[O-]. The maximum atomic E-state index is 11.4. The van der Waals surface area contributed by atoms with Crippen molar-refractivity contribution >= 4 is 51.3 Å². The van der Waals surface area contributed by atoms with Crippen molar-refractivity contribution in [3.63, 3.8) is 0 Å². The lowest BCUT2D eigenvalue weighted by Crippen LogP contribution is -2.11. The van der Waals surface area contributed by atoms with Gasteiger partial charge in [0, 0.05) is 23.7 Å². The Kier molecular flexibility index (Phi) is 5.36. The van der Waals surface area contributed by atoms with Gasteiger partial charge in [0.1, 0.15) is 18.8 Å². The van der Waals surface area contributed by atoms with Crippen molar-refractivity contribution in [3.05, 3.63) is 56.8 Å². The first-order valence-corrected chi connectivity index (χ1v) is 8.23. The number of ether oxygens (including phenoxy) is 1. The van der Waals surface area contributed by atoms with Crippen LogP contribution in [0.3, 0.4) is 0 Å². The van der Waals surface area contributed by atoms with E-state index >= 15 is 0 Å². The summed E-state index contributed by atoms with van der Waals surface area (Å²) in [4.78, 5) is 19.2. The molecule has 0 aliphatic rings. The maximum Gasteiger partial charge on any atom is 0.311 e. The number of benzene rings is 2. The Balaban J connectivity index is 2.08. The number of nitrogens with zero attached hydrogens (tertiary/aromatic N) is 3. The van der Waals surface area contributed by atoms with E-state index in [1.165, 1.54) is 18.5 Å². The fourth-order valence-electron chi connectivity index (χ4n) is 2.32. The Morgan fingerprint density at radius 1 is 1.23 bits per heavy atom. The minimum absolute atomic E-state index is 0.0992. The summed E-state index contributed by atoms with van der Waals surface area (Å²) in [5, 5.41) is 15.8. The molecule has 134 valence electrons. The number of nitrogens with two attached hydrogens (primary N) is 1. The number of nitrogens with one attached hydrogen (secondary N) is 1. The average Bonchev–Trinajstić information content (AvgIpc) is 2.61. The van der Waals surface area contributed by atoms with Crippen LogP contribution in [0.4, 0.5) is 17.2 Å². The van der Waals surface area contributed by atoms with Gasteiger partial charge in [-0.2, -0.15) is 0 Å². The molecule has 0 saturated carbocycles. The Bertz CT molecular complexity index is 984. The van der Waals surface area contributed by atoms with Crippen molar-refractivity contribution < 1.29 is 9.66 Å². The van der Waals surface area contributed by atoms with E-state index in [4.69, 9.17) is 33.7 Å². The highest BCUT2D eigenvalue weighted by atomic mass is 35.5. The number of halogens is 2. The van der Waals surface area contributed by atoms with Crippen molar-refractivity contribution in [2.75, 3.05) is 18.5 Å². The molecule has 3 rings (SSSR count). The summed E-state index contributed by atoms with van der Waals surface area (Å²) in [5.74, 6) is 0.467. The zero-order valence-electron chi connectivity index (χ0n) is 13.3. The number of nitro groups is 1. The predicted octanol–water partition coefficient (Wildman–Crippen LogP) is 3.93. The third-order valence-corrected chi connectivity index (χ3v) is 4.02. The second kappa shape index (κ2) is 7.69. The van der Waals surface area contributed by atoms with Crippen LogP contribution in [0.5, 0.6) is 5.75 Å². The van der Waals surface area contributed by atoms with Gasteiger partial charge in [-0.25, -0.2) is 9.97 Å². The maximum absolute atomic E-state index is 11.4. The van der Waals surface area contributed by atoms with Gasteiger partial charge in [0.05, 0.1) is 26.5 Å². The smallest absolute Gasteiger partial charge is 0.311 e. The van der Waals surface area contributed by atoms with E-state index in [2.05, 4.69) is 15.3 Å². The van der Waals surface area contributed by atoms with E-state index in [0.29, 0.717) is 32.5 Å². The van der Waals surface area contributed by atoms with E-state index in [0.717, 1.165) is 0 Å². The molecule has 1 heterocycles. The Morgan fingerprint density at radius 3 is 2.73 bits per heavy atom. The fraction of sp³-hybridized carbons (Fsp3) is 0.125. The van der Waals surface area contributed by atoms with Crippen molar-refractivity contribution in [1.82, 2.24) is 9.97 Å². The number of nitro benzene ring substituents is 1. The van der Waals surface area contributed by atoms with Crippen LogP contribution >= 0.6 is 23.2 Å². The van der Waals surface area contributed by atoms with E-state index in [1.807, 2.05) is 0 Å². The molecule has 0 unspecified atom stereocenters. The molecule has 0 aliphatic carbocycles. The monoisotopic (exact) mass is 393 g/mol. The van der Waals surface area contributed by atoms with Gasteiger partial charge in [-0.1, -0.05) is 23.2 Å². The first-order valence-electron chi connectivity index (χ1n) is 7.47. The first-order chi connectivity index (χ1) is 12.5. The van der Waals surface area contributed by atoms with Gasteiger partial charge >= 0.3 is 5.69 Å². The third kappa shape index (κ3) is 3.77. The van der Waals surface area contributed by atoms with Crippen LogP contribution in [-0.4, -0.2) is 28.0 Å². The molecule has 0 fully saturated rings. The molecule has 0 atom stereocenters. The summed E-state index contributed by atoms with van der Waals surface area (Å²) in [7, 11) is 0. The highest BCUT2D eigenvalue weighted by Crippen LogP contribution is 2.35. The molecule has 0 bridgehead atoms. The first kappa shape index (κ1) is 18.1. The molecule has 0 amide bonds. The molecular weight excluding hydrogens is 381 g/mol. The minimum atomic E-state index is -0.530. The van der Waals surface area contributed by atoms with Gasteiger partial charge in [-0.05, 0) is 18.2 Å². The summed E-state index contributed by atoms with van der Waals surface area (Å²) >= 11 is 12.1. The van der Waals surface area contributed by atoms with Crippen molar-refractivity contribution in [2.45, 2.75) is 0 Å². The molecular formula is C16H13Cl2N5O3. The average molecular weight is 394 g/mol. The number of fused-ring (bicyclic) bond motifs is 1. The lowest BCUT2D eigenvalue weighted by Gasteiger charge is -2.11.